The molecule has 1 saturated carbocycles. The molecule has 0 atom stereocenters. The maximum absolute atomic E-state index is 9.93. The summed E-state index contributed by atoms with van der Waals surface area (Å²) in [6.45, 7) is 0. The number of aliphatic hydroxyl groups is 2. The zero-order valence-electron chi connectivity index (χ0n) is 15.1. The summed E-state index contributed by atoms with van der Waals surface area (Å²) in [5, 5.41) is 19.9. The first-order valence-electron chi connectivity index (χ1n) is 8.67. The third-order valence-corrected chi connectivity index (χ3v) is 4.88. The van der Waals surface area contributed by atoms with Crippen molar-refractivity contribution in [2.45, 2.75) is 36.9 Å². The van der Waals surface area contributed by atoms with Crippen molar-refractivity contribution in [3.05, 3.63) is 60.2 Å². The first-order valence-corrected chi connectivity index (χ1v) is 10.8. The summed E-state index contributed by atoms with van der Waals surface area (Å²) in [7, 11) is 0. The fraction of sp³-hybridized carbons (Fsp3) is 0.273. The van der Waals surface area contributed by atoms with Crippen LogP contribution in [0.3, 0.4) is 0 Å². The van der Waals surface area contributed by atoms with E-state index in [9.17, 15) is 10.2 Å². The Kier molecular flexibility index (Phi) is 9.39. The third kappa shape index (κ3) is 7.88. The van der Waals surface area contributed by atoms with Gasteiger partial charge in [-0.2, -0.15) is 0 Å². The van der Waals surface area contributed by atoms with Gasteiger partial charge in [0.05, 0.1) is 0 Å². The van der Waals surface area contributed by atoms with Crippen LogP contribution in [0.2, 0.25) is 0 Å². The minimum Gasteiger partial charge on any atom is -0.378 e. The van der Waals surface area contributed by atoms with Gasteiger partial charge in [-0.25, -0.2) is 0 Å². The normalized spacial score (nSPS) is 23.4. The van der Waals surface area contributed by atoms with Gasteiger partial charge in [0.25, 0.3) is 0 Å². The van der Waals surface area contributed by atoms with Crippen LogP contribution in [0.5, 0.6) is 0 Å². The number of hydrogen-bond acceptors (Lipinski definition) is 4. The molecular formula is C22H20I2N2O2. The largest absolute Gasteiger partial charge is 0.378 e. The maximum Gasteiger partial charge on any atom is 0.126 e. The molecule has 0 spiro atoms. The number of rotatable bonds is 2. The molecule has 0 radical (unpaired) electrons. The van der Waals surface area contributed by atoms with Crippen LogP contribution in [0.15, 0.2) is 49.1 Å². The molecule has 0 aliphatic heterocycles. The summed E-state index contributed by atoms with van der Waals surface area (Å²) in [6, 6.07) is 7.88. The smallest absolute Gasteiger partial charge is 0.126 e. The molecule has 2 heterocycles. The molecule has 2 aromatic heterocycles. The van der Waals surface area contributed by atoms with Crippen molar-refractivity contribution in [1.29, 1.82) is 0 Å². The molecule has 1 fully saturated rings. The minimum atomic E-state index is -0.916. The summed E-state index contributed by atoms with van der Waals surface area (Å²) in [4.78, 5) is 7.91. The van der Waals surface area contributed by atoms with Gasteiger partial charge >= 0.3 is 0 Å². The maximum atomic E-state index is 9.93. The zero-order valence-corrected chi connectivity index (χ0v) is 19.5. The van der Waals surface area contributed by atoms with Crippen LogP contribution in [0.25, 0.3) is 12.2 Å². The zero-order chi connectivity index (χ0) is 20.3. The van der Waals surface area contributed by atoms with E-state index < -0.39 is 11.2 Å². The molecule has 2 N–H and O–H groups in total. The lowest BCUT2D eigenvalue weighted by molar-refractivity contribution is -0.0218. The van der Waals surface area contributed by atoms with Crippen LogP contribution in [0.4, 0.5) is 0 Å². The minimum absolute atomic E-state index is 0.491. The SMILES string of the molecule is C(=C\c1ccncc1)/c1ccncc1.OC1(C#CI)CCC(O)(C#CI)CC1. The number of pyridine rings is 2. The van der Waals surface area contributed by atoms with E-state index in [4.69, 9.17) is 0 Å². The van der Waals surface area contributed by atoms with Crippen molar-refractivity contribution in [1.82, 2.24) is 9.97 Å². The molecule has 0 bridgehead atoms. The molecule has 1 aliphatic rings. The quantitative estimate of drug-likeness (QED) is 0.396. The Morgan fingerprint density at radius 1 is 0.714 bits per heavy atom. The van der Waals surface area contributed by atoms with Gasteiger partial charge < -0.3 is 10.2 Å². The number of halogens is 2. The molecule has 2 aromatic rings. The van der Waals surface area contributed by atoms with Crippen molar-refractivity contribution in [2.75, 3.05) is 0 Å². The molecule has 0 saturated heterocycles. The van der Waals surface area contributed by atoms with Gasteiger partial charge in [-0.05, 0) is 68.9 Å². The van der Waals surface area contributed by atoms with E-state index in [1.165, 1.54) is 0 Å². The van der Waals surface area contributed by atoms with E-state index in [0.29, 0.717) is 25.7 Å². The fourth-order valence-electron chi connectivity index (χ4n) is 2.64. The molecule has 3 rings (SSSR count). The first kappa shape index (κ1) is 22.8. The molecule has 144 valence electrons. The van der Waals surface area contributed by atoms with E-state index in [-0.39, 0.29) is 0 Å². The van der Waals surface area contributed by atoms with Crippen LogP contribution in [-0.2, 0) is 0 Å². The summed E-state index contributed by atoms with van der Waals surface area (Å²) < 4.78 is 5.38. The second-order valence-corrected chi connectivity index (χ2v) is 7.48. The van der Waals surface area contributed by atoms with E-state index in [0.717, 1.165) is 11.1 Å². The lowest BCUT2D eigenvalue weighted by Gasteiger charge is -2.35. The molecule has 0 unspecified atom stereocenters. The van der Waals surface area contributed by atoms with Gasteiger partial charge in [-0.1, -0.05) is 24.0 Å². The van der Waals surface area contributed by atoms with E-state index in [1.807, 2.05) is 69.4 Å². The number of hydrogen-bond donors (Lipinski definition) is 2. The van der Waals surface area contributed by atoms with Crippen molar-refractivity contribution in [3.8, 4) is 19.7 Å². The first-order chi connectivity index (χ1) is 13.5. The molecule has 6 heteroatoms. The standard InChI is InChI=1S/C12H10N2.C10H10I2O2/c1(11-3-7-13-8-4-11)2-12-5-9-14-10-6-12;11-7-5-9(13)1-2-10(14,4-3-9)6-8-12/h1-10H;13-14H,1-4H2/b2-1+;. The summed E-state index contributed by atoms with van der Waals surface area (Å²) in [5.41, 5.74) is 0.467. The molecule has 4 nitrogen and oxygen atoms in total. The number of nitrogens with zero attached hydrogens (tertiary/aromatic N) is 2. The van der Waals surface area contributed by atoms with Crippen LogP contribution in [-0.4, -0.2) is 31.4 Å². The highest BCUT2D eigenvalue weighted by Gasteiger charge is 2.38. The predicted octanol–water partition coefficient (Wildman–Crippen LogP) is 4.46. The van der Waals surface area contributed by atoms with Crippen molar-refractivity contribution in [3.63, 3.8) is 0 Å². The Bertz CT molecular complexity index is 811. The highest BCUT2D eigenvalue weighted by Crippen LogP contribution is 2.34. The van der Waals surface area contributed by atoms with Crippen molar-refractivity contribution >= 4 is 57.3 Å². The van der Waals surface area contributed by atoms with Gasteiger partial charge in [0.1, 0.15) is 11.2 Å². The second-order valence-electron chi connectivity index (χ2n) is 6.40. The molecular weight excluding hydrogens is 578 g/mol. The van der Waals surface area contributed by atoms with E-state index >= 15 is 0 Å². The van der Waals surface area contributed by atoms with Gasteiger partial charge in [0, 0.05) is 70.0 Å². The topological polar surface area (TPSA) is 66.2 Å². The Labute approximate surface area is 193 Å². The van der Waals surface area contributed by atoms with Crippen LogP contribution in [0, 0.1) is 19.7 Å². The Balaban J connectivity index is 0.000000200. The van der Waals surface area contributed by atoms with Crippen molar-refractivity contribution in [2.24, 2.45) is 0 Å². The number of aromatic nitrogens is 2. The fourth-order valence-corrected chi connectivity index (χ4v) is 3.65. The van der Waals surface area contributed by atoms with Gasteiger partial charge in [-0.15, -0.1) is 0 Å². The van der Waals surface area contributed by atoms with Crippen LogP contribution in [0.1, 0.15) is 36.8 Å². The van der Waals surface area contributed by atoms with Gasteiger partial charge in [0.2, 0.25) is 0 Å². The highest BCUT2D eigenvalue weighted by molar-refractivity contribution is 14.1. The molecule has 28 heavy (non-hydrogen) atoms. The average Bonchev–Trinajstić information content (AvgIpc) is 2.72. The Hall–Kier alpha value is -1.46. The summed E-state index contributed by atoms with van der Waals surface area (Å²) in [5.74, 6) is 5.54. The van der Waals surface area contributed by atoms with Crippen molar-refractivity contribution < 1.29 is 10.2 Å². The van der Waals surface area contributed by atoms with E-state index in [2.05, 4.69) is 41.8 Å². The predicted molar refractivity (Wildman–Crippen MR) is 129 cm³/mol. The summed E-state index contributed by atoms with van der Waals surface area (Å²) in [6.07, 6.45) is 13.2. The lowest BCUT2D eigenvalue weighted by atomic mass is 9.77. The Morgan fingerprint density at radius 2 is 1.04 bits per heavy atom. The average molecular weight is 598 g/mol. The van der Waals surface area contributed by atoms with Gasteiger partial charge in [0.15, 0.2) is 0 Å². The van der Waals surface area contributed by atoms with Crippen LogP contribution >= 0.6 is 45.2 Å². The second kappa shape index (κ2) is 11.5. The lowest BCUT2D eigenvalue weighted by Crippen LogP contribution is -2.41. The molecule has 0 amide bonds. The molecule has 0 aromatic carbocycles. The monoisotopic (exact) mass is 598 g/mol. The van der Waals surface area contributed by atoms with Gasteiger partial charge in [-0.3, -0.25) is 9.97 Å². The third-order valence-electron chi connectivity index (χ3n) is 4.34. The highest BCUT2D eigenvalue weighted by atomic mass is 127. The molecule has 1 aliphatic carbocycles. The Morgan fingerprint density at radius 3 is 1.32 bits per heavy atom. The van der Waals surface area contributed by atoms with Crippen LogP contribution < -0.4 is 0 Å². The summed E-state index contributed by atoms with van der Waals surface area (Å²) >= 11 is 3.82. The van der Waals surface area contributed by atoms with E-state index in [1.54, 1.807) is 24.8 Å².